The van der Waals surface area contributed by atoms with Gasteiger partial charge in [-0.25, -0.2) is 8.42 Å². The van der Waals surface area contributed by atoms with E-state index in [1.165, 1.54) is 10.4 Å². The highest BCUT2D eigenvalue weighted by atomic mass is 32.2. The fourth-order valence-corrected chi connectivity index (χ4v) is 6.42. The van der Waals surface area contributed by atoms with Crippen molar-refractivity contribution in [2.45, 2.75) is 17.9 Å². The molecule has 0 fully saturated rings. The van der Waals surface area contributed by atoms with Crippen LogP contribution in [0.25, 0.3) is 10.8 Å². The summed E-state index contributed by atoms with van der Waals surface area (Å²) >= 11 is 1.56. The number of carbonyl (C=O) groups excluding carboxylic acids is 1. The third-order valence-electron chi connectivity index (χ3n) is 6.40. The summed E-state index contributed by atoms with van der Waals surface area (Å²) in [7, 11) is -0.777. The van der Waals surface area contributed by atoms with Crippen molar-refractivity contribution >= 4 is 38.0 Å². The molecule has 9 heteroatoms. The van der Waals surface area contributed by atoms with Crippen LogP contribution in [0.1, 0.15) is 10.4 Å². The number of sulfonamides is 1. The van der Waals surface area contributed by atoms with Gasteiger partial charge in [-0.3, -0.25) is 4.79 Å². The molecule has 4 rings (SSSR count). The van der Waals surface area contributed by atoms with Crippen molar-refractivity contribution in [3.05, 3.63) is 101 Å². The van der Waals surface area contributed by atoms with E-state index in [0.29, 0.717) is 31.0 Å². The van der Waals surface area contributed by atoms with Crippen molar-refractivity contribution in [2.75, 3.05) is 33.9 Å². The maximum Gasteiger partial charge on any atom is 0.243 e. The van der Waals surface area contributed by atoms with Crippen LogP contribution in [0, 0.1) is 0 Å². The van der Waals surface area contributed by atoms with Gasteiger partial charge in [-0.15, -0.1) is 17.9 Å². The monoisotopic (exact) mass is 564 g/mol. The average molecular weight is 565 g/mol. The maximum absolute atomic E-state index is 13.6. The van der Waals surface area contributed by atoms with Gasteiger partial charge in [-0.2, -0.15) is 4.31 Å². The summed E-state index contributed by atoms with van der Waals surface area (Å²) in [6.07, 6.45) is 2.06. The van der Waals surface area contributed by atoms with Gasteiger partial charge in [0.15, 0.2) is 11.5 Å². The van der Waals surface area contributed by atoms with E-state index < -0.39 is 10.0 Å². The van der Waals surface area contributed by atoms with Crippen LogP contribution in [-0.4, -0.2) is 57.4 Å². The Balaban J connectivity index is 1.56. The molecule has 39 heavy (non-hydrogen) atoms. The number of nitrogens with zero attached hydrogens (tertiary/aromatic N) is 2. The highest BCUT2D eigenvalue weighted by Gasteiger charge is 2.28. The molecule has 4 aromatic rings. The van der Waals surface area contributed by atoms with Crippen molar-refractivity contribution < 1.29 is 22.7 Å². The second-order valence-electron chi connectivity index (χ2n) is 8.93. The number of carbonyl (C=O) groups is 1. The summed E-state index contributed by atoms with van der Waals surface area (Å²) in [5.41, 5.74) is 0.975. The minimum atomic E-state index is -3.94. The van der Waals surface area contributed by atoms with Gasteiger partial charge in [-0.1, -0.05) is 48.5 Å². The Morgan fingerprint density at radius 3 is 2.41 bits per heavy atom. The number of methoxy groups -OCH3 is 2. The van der Waals surface area contributed by atoms with Gasteiger partial charge in [-0.05, 0) is 58.5 Å². The zero-order chi connectivity index (χ0) is 27.8. The average Bonchev–Trinajstić information content (AvgIpc) is 3.47. The lowest BCUT2D eigenvalue weighted by molar-refractivity contribution is -0.131. The highest BCUT2D eigenvalue weighted by Crippen LogP contribution is 2.28. The molecular formula is C30H32N2O5S2. The smallest absolute Gasteiger partial charge is 0.243 e. The lowest BCUT2D eigenvalue weighted by Crippen LogP contribution is -2.43. The molecule has 0 atom stereocenters. The molecule has 0 bridgehead atoms. The Bertz CT molecular complexity index is 1530. The number of thiophene rings is 1. The molecule has 204 valence electrons. The number of benzene rings is 3. The normalized spacial score (nSPS) is 11.5. The fraction of sp³-hybridized carbons (Fsp3) is 0.233. The minimum Gasteiger partial charge on any atom is -0.493 e. The largest absolute Gasteiger partial charge is 0.493 e. The van der Waals surface area contributed by atoms with Gasteiger partial charge in [0.1, 0.15) is 0 Å². The molecule has 0 saturated carbocycles. The van der Waals surface area contributed by atoms with Crippen molar-refractivity contribution in [3.63, 3.8) is 0 Å². The van der Waals surface area contributed by atoms with E-state index >= 15 is 0 Å². The molecule has 1 amide bonds. The van der Waals surface area contributed by atoms with Crippen LogP contribution < -0.4 is 9.47 Å². The second-order valence-corrected chi connectivity index (χ2v) is 11.9. The van der Waals surface area contributed by atoms with Crippen LogP contribution in [-0.2, 0) is 27.8 Å². The first kappa shape index (κ1) is 28.4. The number of hydrogen-bond donors (Lipinski definition) is 0. The molecule has 0 N–H and O–H groups in total. The van der Waals surface area contributed by atoms with Crippen LogP contribution in [0.5, 0.6) is 11.5 Å². The maximum atomic E-state index is 13.6. The Morgan fingerprint density at radius 2 is 1.72 bits per heavy atom. The van der Waals surface area contributed by atoms with Crippen molar-refractivity contribution in [2.24, 2.45) is 0 Å². The van der Waals surface area contributed by atoms with Gasteiger partial charge in [0.2, 0.25) is 15.9 Å². The molecule has 0 aliphatic rings. The second kappa shape index (κ2) is 12.9. The summed E-state index contributed by atoms with van der Waals surface area (Å²) in [4.78, 5) is 16.5. The molecule has 0 spiro atoms. The molecular weight excluding hydrogens is 532 g/mol. The summed E-state index contributed by atoms with van der Waals surface area (Å²) < 4.78 is 39.2. The third kappa shape index (κ3) is 6.86. The Hall–Kier alpha value is -3.66. The molecule has 1 heterocycles. The van der Waals surface area contributed by atoms with E-state index in [1.807, 2.05) is 60.0 Å². The van der Waals surface area contributed by atoms with Crippen molar-refractivity contribution in [3.8, 4) is 11.5 Å². The van der Waals surface area contributed by atoms with Crippen LogP contribution in [0.15, 0.2) is 95.7 Å². The zero-order valence-corrected chi connectivity index (χ0v) is 23.7. The highest BCUT2D eigenvalue weighted by molar-refractivity contribution is 7.89. The first-order chi connectivity index (χ1) is 18.8. The predicted octanol–water partition coefficient (Wildman–Crippen LogP) is 5.37. The number of fused-ring (bicyclic) bond motifs is 1. The summed E-state index contributed by atoms with van der Waals surface area (Å²) in [6.45, 7) is 4.25. The van der Waals surface area contributed by atoms with Gasteiger partial charge in [0, 0.05) is 18.0 Å². The number of ether oxygens (including phenoxy) is 2. The first-order valence-corrected chi connectivity index (χ1v) is 14.8. The van der Waals surface area contributed by atoms with Crippen LogP contribution in [0.4, 0.5) is 0 Å². The van der Waals surface area contributed by atoms with Crippen molar-refractivity contribution in [1.82, 2.24) is 9.21 Å². The van der Waals surface area contributed by atoms with Crippen molar-refractivity contribution in [1.29, 1.82) is 0 Å². The lowest BCUT2D eigenvalue weighted by Gasteiger charge is -2.27. The topological polar surface area (TPSA) is 76.2 Å². The van der Waals surface area contributed by atoms with Crippen LogP contribution in [0.2, 0.25) is 0 Å². The Labute approximate surface area is 233 Å². The Morgan fingerprint density at radius 1 is 0.949 bits per heavy atom. The van der Waals surface area contributed by atoms with Gasteiger partial charge in [0.05, 0.1) is 32.2 Å². The van der Waals surface area contributed by atoms with E-state index in [-0.39, 0.29) is 23.9 Å². The van der Waals surface area contributed by atoms with E-state index in [2.05, 4.69) is 6.58 Å². The summed E-state index contributed by atoms with van der Waals surface area (Å²) in [6, 6.07) is 22.1. The molecule has 1 aromatic heterocycles. The van der Waals surface area contributed by atoms with Crippen LogP contribution in [0.3, 0.4) is 0 Å². The third-order valence-corrected chi connectivity index (χ3v) is 9.07. The van der Waals surface area contributed by atoms with E-state index in [4.69, 9.17) is 9.47 Å². The quantitative estimate of drug-likeness (QED) is 0.204. The number of amides is 1. The number of hydrogen-bond acceptors (Lipinski definition) is 6. The molecule has 7 nitrogen and oxygen atoms in total. The lowest BCUT2D eigenvalue weighted by atomic mass is 10.1. The fourth-order valence-electron chi connectivity index (χ4n) is 4.30. The van der Waals surface area contributed by atoms with E-state index in [9.17, 15) is 13.2 Å². The molecule has 3 aromatic carbocycles. The summed E-state index contributed by atoms with van der Waals surface area (Å²) in [5, 5.41) is 3.72. The number of rotatable bonds is 13. The molecule has 0 saturated heterocycles. The predicted molar refractivity (Wildman–Crippen MR) is 156 cm³/mol. The molecule has 0 aliphatic carbocycles. The first-order valence-electron chi connectivity index (χ1n) is 12.5. The van der Waals surface area contributed by atoms with E-state index in [0.717, 1.165) is 21.2 Å². The van der Waals surface area contributed by atoms with E-state index in [1.54, 1.807) is 48.7 Å². The Kier molecular flexibility index (Phi) is 9.40. The van der Waals surface area contributed by atoms with Crippen LogP contribution >= 0.6 is 11.3 Å². The zero-order valence-electron chi connectivity index (χ0n) is 22.1. The molecule has 0 unspecified atom stereocenters. The molecule has 0 aliphatic heterocycles. The van der Waals surface area contributed by atoms with Gasteiger partial charge < -0.3 is 14.4 Å². The van der Waals surface area contributed by atoms with Gasteiger partial charge in [0.25, 0.3) is 0 Å². The molecule has 0 radical (unpaired) electrons. The minimum absolute atomic E-state index is 0.0173. The SMILES string of the molecule is C=CCN(CC(=O)N(CCc1ccc(OC)c(OC)c1)Cc1cccs1)S(=O)(=O)c1ccc2ccccc2c1. The summed E-state index contributed by atoms with van der Waals surface area (Å²) in [5.74, 6) is 0.964. The standard InChI is InChI=1S/C30H32N2O5S2/c1-4-16-32(39(34,35)27-13-12-24-8-5-6-9-25(24)20-27)22-30(33)31(21-26-10-7-18-38-26)17-15-23-11-14-28(36-2)29(19-23)37-3/h4-14,18-20H,1,15-17,21-22H2,2-3H3. The van der Waals surface area contributed by atoms with Gasteiger partial charge >= 0.3 is 0 Å².